The summed E-state index contributed by atoms with van der Waals surface area (Å²) in [4.78, 5) is 16.0. The summed E-state index contributed by atoms with van der Waals surface area (Å²) in [6.45, 7) is 4.74. The topological polar surface area (TPSA) is 85.8 Å². The van der Waals surface area contributed by atoms with Gasteiger partial charge in [-0.05, 0) is 30.0 Å². The summed E-state index contributed by atoms with van der Waals surface area (Å²) in [5, 5.41) is 7.12. The van der Waals surface area contributed by atoms with E-state index in [0.717, 1.165) is 19.4 Å². The maximum Gasteiger partial charge on any atom is 0.242 e. The number of halogens is 1. The van der Waals surface area contributed by atoms with Crippen molar-refractivity contribution in [2.75, 3.05) is 5.32 Å². The van der Waals surface area contributed by atoms with Crippen LogP contribution in [-0.4, -0.2) is 26.7 Å². The molecule has 0 saturated heterocycles. The van der Waals surface area contributed by atoms with Crippen molar-refractivity contribution in [2.24, 2.45) is 11.7 Å². The van der Waals surface area contributed by atoms with Crippen molar-refractivity contribution < 1.29 is 4.79 Å². The lowest BCUT2D eigenvalue weighted by atomic mass is 9.99. The molecule has 2 aromatic rings. The molecule has 0 aliphatic heterocycles. The summed E-state index contributed by atoms with van der Waals surface area (Å²) in [6, 6.07) is 5.25. The number of amides is 1. The minimum Gasteiger partial charge on any atom is -0.320 e. The summed E-state index contributed by atoms with van der Waals surface area (Å²) in [7, 11) is 0. The van der Waals surface area contributed by atoms with Gasteiger partial charge in [0.2, 0.25) is 5.91 Å². The summed E-state index contributed by atoms with van der Waals surface area (Å²) in [5.74, 6) is 0.501. The number of hydrogen-bond acceptors (Lipinski definition) is 4. The molecule has 0 bridgehead atoms. The number of anilines is 1. The molecule has 2 rings (SSSR count). The van der Waals surface area contributed by atoms with Gasteiger partial charge in [0.25, 0.3) is 0 Å². The van der Waals surface area contributed by atoms with Crippen LogP contribution in [0.5, 0.6) is 0 Å². The van der Waals surface area contributed by atoms with Crippen molar-refractivity contribution in [3.8, 4) is 0 Å². The van der Waals surface area contributed by atoms with Crippen LogP contribution in [0.3, 0.4) is 0 Å². The van der Waals surface area contributed by atoms with E-state index < -0.39 is 6.04 Å². The molecule has 0 aliphatic carbocycles. The minimum atomic E-state index is -0.507. The van der Waals surface area contributed by atoms with E-state index in [0.29, 0.717) is 5.82 Å². The normalized spacial score (nSPS) is 13.0. The summed E-state index contributed by atoms with van der Waals surface area (Å²) in [6.07, 6.45) is 7.14. The lowest BCUT2D eigenvalue weighted by molar-refractivity contribution is -0.118. The first kappa shape index (κ1) is 19.1. The number of nitrogens with zero attached hydrogens (tertiary/aromatic N) is 3. The van der Waals surface area contributed by atoms with Gasteiger partial charge in [0, 0.05) is 31.2 Å². The first-order valence-electron chi connectivity index (χ1n) is 7.59. The third-order valence-corrected chi connectivity index (χ3v) is 3.83. The number of pyridine rings is 1. The molecule has 0 radical (unpaired) electrons. The number of rotatable bonds is 7. The molecular weight excluding hydrogens is 314 g/mol. The second-order valence-electron chi connectivity index (χ2n) is 5.47. The van der Waals surface area contributed by atoms with Crippen LogP contribution in [-0.2, 0) is 17.8 Å². The maximum absolute atomic E-state index is 12.0. The minimum absolute atomic E-state index is 0. The average molecular weight is 338 g/mol. The standard InChI is InChI=1S/C16H23N5O.ClH/c1-3-12(2)15(17)16(22)19-14-7-11-21(20-14)10-6-13-4-8-18-9-5-13;/h4-5,7-9,11-12,15H,3,6,10,17H2,1-2H3,(H,19,20,22);1H. The smallest absolute Gasteiger partial charge is 0.242 e. The molecule has 7 heteroatoms. The lowest BCUT2D eigenvalue weighted by Crippen LogP contribution is -2.40. The third-order valence-electron chi connectivity index (χ3n) is 3.83. The van der Waals surface area contributed by atoms with Crippen LogP contribution in [0.4, 0.5) is 5.82 Å². The Labute approximate surface area is 142 Å². The number of hydrogen-bond donors (Lipinski definition) is 2. The predicted octanol–water partition coefficient (Wildman–Crippen LogP) is 2.25. The van der Waals surface area contributed by atoms with Crippen LogP contribution in [0.1, 0.15) is 25.8 Å². The van der Waals surface area contributed by atoms with Crippen molar-refractivity contribution in [3.05, 3.63) is 42.4 Å². The van der Waals surface area contributed by atoms with Gasteiger partial charge < -0.3 is 11.1 Å². The highest BCUT2D eigenvalue weighted by atomic mass is 35.5. The number of nitrogens with one attached hydrogen (secondary N) is 1. The Morgan fingerprint density at radius 1 is 1.35 bits per heavy atom. The number of carbonyl (C=O) groups excluding carboxylic acids is 1. The van der Waals surface area contributed by atoms with Gasteiger partial charge in [-0.15, -0.1) is 12.4 Å². The van der Waals surface area contributed by atoms with Gasteiger partial charge in [0.15, 0.2) is 5.82 Å². The zero-order chi connectivity index (χ0) is 15.9. The molecule has 0 aliphatic rings. The van der Waals surface area contributed by atoms with Gasteiger partial charge in [0.05, 0.1) is 6.04 Å². The van der Waals surface area contributed by atoms with E-state index in [1.807, 2.05) is 36.9 Å². The molecule has 0 aromatic carbocycles. The molecule has 2 unspecified atom stereocenters. The molecule has 23 heavy (non-hydrogen) atoms. The van der Waals surface area contributed by atoms with Crippen LogP contribution >= 0.6 is 12.4 Å². The highest BCUT2D eigenvalue weighted by Gasteiger charge is 2.19. The number of nitrogens with two attached hydrogens (primary N) is 1. The van der Waals surface area contributed by atoms with Crippen LogP contribution in [0.25, 0.3) is 0 Å². The van der Waals surface area contributed by atoms with Crippen molar-refractivity contribution in [1.82, 2.24) is 14.8 Å². The van der Waals surface area contributed by atoms with E-state index in [1.54, 1.807) is 18.5 Å². The summed E-state index contributed by atoms with van der Waals surface area (Å²) < 4.78 is 1.81. The zero-order valence-electron chi connectivity index (χ0n) is 13.5. The van der Waals surface area contributed by atoms with Crippen molar-refractivity contribution >= 4 is 24.1 Å². The van der Waals surface area contributed by atoms with E-state index in [2.05, 4.69) is 15.4 Å². The second-order valence-corrected chi connectivity index (χ2v) is 5.47. The fourth-order valence-corrected chi connectivity index (χ4v) is 2.07. The van der Waals surface area contributed by atoms with Crippen LogP contribution in [0.2, 0.25) is 0 Å². The summed E-state index contributed by atoms with van der Waals surface area (Å²) in [5.41, 5.74) is 7.11. The van der Waals surface area contributed by atoms with Gasteiger partial charge >= 0.3 is 0 Å². The van der Waals surface area contributed by atoms with Crippen LogP contribution in [0.15, 0.2) is 36.8 Å². The molecule has 2 aromatic heterocycles. The average Bonchev–Trinajstić information content (AvgIpc) is 2.99. The molecule has 0 spiro atoms. The number of carbonyl (C=O) groups is 1. The van der Waals surface area contributed by atoms with Crippen molar-refractivity contribution in [2.45, 2.75) is 39.3 Å². The number of aryl methyl sites for hydroxylation is 2. The second kappa shape index (κ2) is 9.27. The van der Waals surface area contributed by atoms with E-state index in [-0.39, 0.29) is 24.2 Å². The Kier molecular flexibility index (Phi) is 7.71. The van der Waals surface area contributed by atoms with Gasteiger partial charge in [-0.25, -0.2) is 0 Å². The zero-order valence-corrected chi connectivity index (χ0v) is 14.3. The molecular formula is C16H24ClN5O. The lowest BCUT2D eigenvalue weighted by Gasteiger charge is -2.16. The largest absolute Gasteiger partial charge is 0.320 e. The fraction of sp³-hybridized carbons (Fsp3) is 0.438. The van der Waals surface area contributed by atoms with Gasteiger partial charge in [0.1, 0.15) is 0 Å². The SMILES string of the molecule is CCC(C)C(N)C(=O)Nc1ccn(CCc2ccncc2)n1.Cl. The summed E-state index contributed by atoms with van der Waals surface area (Å²) >= 11 is 0. The van der Waals surface area contributed by atoms with Crippen LogP contribution < -0.4 is 11.1 Å². The Bertz CT molecular complexity index is 602. The van der Waals surface area contributed by atoms with E-state index in [4.69, 9.17) is 5.73 Å². The van der Waals surface area contributed by atoms with Gasteiger partial charge in [-0.3, -0.25) is 14.5 Å². The quantitative estimate of drug-likeness (QED) is 0.811. The van der Waals surface area contributed by atoms with E-state index in [9.17, 15) is 4.79 Å². The van der Waals surface area contributed by atoms with Gasteiger partial charge in [-0.1, -0.05) is 20.3 Å². The Hall–Kier alpha value is -1.92. The first-order chi connectivity index (χ1) is 10.6. The van der Waals surface area contributed by atoms with Crippen molar-refractivity contribution in [3.63, 3.8) is 0 Å². The Morgan fingerprint density at radius 3 is 2.70 bits per heavy atom. The molecule has 1 amide bonds. The molecule has 6 nitrogen and oxygen atoms in total. The molecule has 3 N–H and O–H groups in total. The molecule has 126 valence electrons. The van der Waals surface area contributed by atoms with Crippen LogP contribution in [0, 0.1) is 5.92 Å². The highest BCUT2D eigenvalue weighted by molar-refractivity contribution is 5.94. The van der Waals surface area contributed by atoms with E-state index in [1.165, 1.54) is 5.56 Å². The molecule has 0 fully saturated rings. The van der Waals surface area contributed by atoms with Crippen molar-refractivity contribution in [1.29, 1.82) is 0 Å². The molecule has 2 heterocycles. The molecule has 0 saturated carbocycles. The highest BCUT2D eigenvalue weighted by Crippen LogP contribution is 2.09. The Morgan fingerprint density at radius 2 is 2.04 bits per heavy atom. The fourth-order valence-electron chi connectivity index (χ4n) is 2.07. The van der Waals surface area contributed by atoms with Gasteiger partial charge in [-0.2, -0.15) is 5.10 Å². The van der Waals surface area contributed by atoms with E-state index >= 15 is 0 Å². The monoisotopic (exact) mass is 337 g/mol. The first-order valence-corrected chi connectivity index (χ1v) is 7.59. The Balaban J connectivity index is 0.00000264. The molecule has 2 atom stereocenters. The predicted molar refractivity (Wildman–Crippen MR) is 93.5 cm³/mol. The maximum atomic E-state index is 12.0. The number of aromatic nitrogens is 3. The third kappa shape index (κ3) is 5.65.